The van der Waals surface area contributed by atoms with Crippen molar-refractivity contribution in [2.45, 2.75) is 6.92 Å². The van der Waals surface area contributed by atoms with Crippen molar-refractivity contribution < 1.29 is 14.2 Å². The second-order valence-corrected chi connectivity index (χ2v) is 5.26. The van der Waals surface area contributed by atoms with Gasteiger partial charge in [0.15, 0.2) is 17.3 Å². The summed E-state index contributed by atoms with van der Waals surface area (Å²) in [6.07, 6.45) is 0. The van der Waals surface area contributed by atoms with Gasteiger partial charge in [0, 0.05) is 10.9 Å². The van der Waals surface area contributed by atoms with Gasteiger partial charge in [-0.15, -0.1) is 16.4 Å². The van der Waals surface area contributed by atoms with Crippen molar-refractivity contribution >= 4 is 16.3 Å². The summed E-state index contributed by atoms with van der Waals surface area (Å²) in [5.41, 5.74) is 1.88. The first-order valence-corrected chi connectivity index (χ1v) is 7.17. The van der Waals surface area contributed by atoms with Crippen LogP contribution in [0.15, 0.2) is 17.5 Å². The van der Waals surface area contributed by atoms with Crippen LogP contribution in [0.2, 0.25) is 0 Å². The largest absolute Gasteiger partial charge is 0.493 e. The molecule has 0 aliphatic rings. The summed E-state index contributed by atoms with van der Waals surface area (Å²) >= 11 is 1.56. The van der Waals surface area contributed by atoms with Crippen molar-refractivity contribution in [3.63, 3.8) is 0 Å². The highest BCUT2D eigenvalue weighted by Crippen LogP contribution is 2.40. The van der Waals surface area contributed by atoms with Gasteiger partial charge in [-0.1, -0.05) is 0 Å². The molecule has 2 aromatic heterocycles. The zero-order valence-electron chi connectivity index (χ0n) is 12.2. The van der Waals surface area contributed by atoms with Crippen LogP contribution in [0.5, 0.6) is 17.2 Å². The normalized spacial score (nSPS) is 10.9. The molecule has 0 aliphatic heterocycles. The van der Waals surface area contributed by atoms with Crippen LogP contribution in [0.3, 0.4) is 0 Å². The van der Waals surface area contributed by atoms with Crippen LogP contribution >= 0.6 is 11.3 Å². The lowest BCUT2D eigenvalue weighted by atomic mass is 10.1. The molecule has 3 aromatic rings. The number of nitrogens with zero attached hydrogens (tertiary/aromatic N) is 3. The topological polar surface area (TPSA) is 57.9 Å². The predicted octanol–water partition coefficient (Wildman–Crippen LogP) is 2.79. The lowest BCUT2D eigenvalue weighted by molar-refractivity contribution is 0.324. The molecule has 0 atom stereocenters. The van der Waals surface area contributed by atoms with Crippen molar-refractivity contribution in [3.8, 4) is 28.6 Å². The zero-order valence-corrected chi connectivity index (χ0v) is 13.0. The van der Waals surface area contributed by atoms with E-state index in [2.05, 4.69) is 10.1 Å². The molecule has 0 N–H and O–H groups in total. The number of thiazole rings is 1. The Morgan fingerprint density at radius 1 is 1.05 bits per heavy atom. The Morgan fingerprint density at radius 3 is 2.24 bits per heavy atom. The third kappa shape index (κ3) is 2.19. The number of hydrogen-bond donors (Lipinski definition) is 0. The summed E-state index contributed by atoms with van der Waals surface area (Å²) in [6, 6.07) is 3.69. The van der Waals surface area contributed by atoms with E-state index in [0.717, 1.165) is 16.2 Å². The van der Waals surface area contributed by atoms with E-state index in [0.29, 0.717) is 23.1 Å². The molecule has 3 rings (SSSR count). The molecule has 0 aliphatic carbocycles. The summed E-state index contributed by atoms with van der Waals surface area (Å²) in [7, 11) is 4.75. The summed E-state index contributed by atoms with van der Waals surface area (Å²) in [5, 5.41) is 6.53. The fourth-order valence-electron chi connectivity index (χ4n) is 2.12. The fourth-order valence-corrected chi connectivity index (χ4v) is 2.92. The van der Waals surface area contributed by atoms with Gasteiger partial charge in [-0.2, -0.15) is 4.98 Å². The van der Waals surface area contributed by atoms with Crippen LogP contribution in [0.1, 0.15) is 5.69 Å². The minimum Gasteiger partial charge on any atom is -0.493 e. The summed E-state index contributed by atoms with van der Waals surface area (Å²) in [6.45, 7) is 2.00. The maximum absolute atomic E-state index is 5.36. The Kier molecular flexibility index (Phi) is 3.42. The second kappa shape index (κ2) is 5.25. The Morgan fingerprint density at radius 2 is 1.71 bits per heavy atom. The van der Waals surface area contributed by atoms with Gasteiger partial charge in [0.1, 0.15) is 0 Å². The molecule has 6 nitrogen and oxygen atoms in total. The molecule has 0 bridgehead atoms. The van der Waals surface area contributed by atoms with Crippen molar-refractivity contribution in [2.75, 3.05) is 21.3 Å². The first kappa shape index (κ1) is 13.7. The minimum absolute atomic E-state index is 0.556. The molecule has 110 valence electrons. The van der Waals surface area contributed by atoms with Gasteiger partial charge < -0.3 is 14.2 Å². The third-order valence-corrected chi connectivity index (χ3v) is 4.10. The van der Waals surface area contributed by atoms with Gasteiger partial charge in [-0.25, -0.2) is 4.52 Å². The average Bonchev–Trinajstić information content (AvgIpc) is 3.08. The van der Waals surface area contributed by atoms with Gasteiger partial charge >= 0.3 is 0 Å². The van der Waals surface area contributed by atoms with E-state index in [1.807, 2.05) is 29.0 Å². The number of rotatable bonds is 4. The predicted molar refractivity (Wildman–Crippen MR) is 80.7 cm³/mol. The summed E-state index contributed by atoms with van der Waals surface area (Å²) in [5.74, 6) is 2.36. The standard InChI is InChI=1S/C14H15N3O3S/c1-8-7-21-14-15-13(16-17(8)14)9-5-10(18-2)12(20-4)11(6-9)19-3/h5-7H,1-4H3. The first-order valence-electron chi connectivity index (χ1n) is 6.29. The lowest BCUT2D eigenvalue weighted by Crippen LogP contribution is -1.96. The minimum atomic E-state index is 0.556. The van der Waals surface area contributed by atoms with E-state index >= 15 is 0 Å². The Hall–Kier alpha value is -2.28. The quantitative estimate of drug-likeness (QED) is 0.742. The van der Waals surface area contributed by atoms with Gasteiger partial charge in [-0.3, -0.25) is 0 Å². The molecule has 0 radical (unpaired) electrons. The van der Waals surface area contributed by atoms with Crippen molar-refractivity contribution in [3.05, 3.63) is 23.2 Å². The highest BCUT2D eigenvalue weighted by atomic mass is 32.1. The van der Waals surface area contributed by atoms with Crippen molar-refractivity contribution in [1.82, 2.24) is 14.6 Å². The van der Waals surface area contributed by atoms with Crippen LogP contribution in [0.25, 0.3) is 16.3 Å². The Bertz CT molecular complexity index is 769. The molecule has 0 saturated carbocycles. The molecular weight excluding hydrogens is 290 g/mol. The second-order valence-electron chi connectivity index (χ2n) is 4.42. The highest BCUT2D eigenvalue weighted by molar-refractivity contribution is 7.15. The molecule has 1 aromatic carbocycles. The number of aromatic nitrogens is 3. The third-order valence-electron chi connectivity index (χ3n) is 3.17. The zero-order chi connectivity index (χ0) is 15.0. The molecule has 7 heteroatoms. The van der Waals surface area contributed by atoms with E-state index in [-0.39, 0.29) is 0 Å². The smallest absolute Gasteiger partial charge is 0.212 e. The average molecular weight is 305 g/mol. The maximum atomic E-state index is 5.36. The van der Waals surface area contributed by atoms with Crippen LogP contribution in [-0.4, -0.2) is 35.9 Å². The highest BCUT2D eigenvalue weighted by Gasteiger charge is 2.17. The number of fused-ring (bicyclic) bond motifs is 1. The van der Waals surface area contributed by atoms with E-state index in [4.69, 9.17) is 14.2 Å². The number of methoxy groups -OCH3 is 3. The number of aryl methyl sites for hydroxylation is 1. The summed E-state index contributed by atoms with van der Waals surface area (Å²) in [4.78, 5) is 5.39. The summed E-state index contributed by atoms with van der Waals surface area (Å²) < 4.78 is 17.9. The van der Waals surface area contributed by atoms with Crippen LogP contribution in [-0.2, 0) is 0 Å². The molecule has 0 saturated heterocycles. The molecular formula is C14H15N3O3S. The lowest BCUT2D eigenvalue weighted by Gasteiger charge is -2.12. The Balaban J connectivity index is 2.16. The monoisotopic (exact) mass is 305 g/mol. The molecule has 21 heavy (non-hydrogen) atoms. The molecule has 0 fully saturated rings. The van der Waals surface area contributed by atoms with Gasteiger partial charge in [0.25, 0.3) is 0 Å². The van der Waals surface area contributed by atoms with Gasteiger partial charge in [-0.05, 0) is 19.1 Å². The van der Waals surface area contributed by atoms with Gasteiger partial charge in [0.2, 0.25) is 10.7 Å². The van der Waals surface area contributed by atoms with E-state index in [1.54, 1.807) is 32.7 Å². The van der Waals surface area contributed by atoms with Crippen LogP contribution < -0.4 is 14.2 Å². The molecule has 0 unspecified atom stereocenters. The van der Waals surface area contributed by atoms with E-state index < -0.39 is 0 Å². The number of benzene rings is 1. The van der Waals surface area contributed by atoms with Crippen LogP contribution in [0.4, 0.5) is 0 Å². The van der Waals surface area contributed by atoms with Crippen molar-refractivity contribution in [1.29, 1.82) is 0 Å². The molecule has 0 amide bonds. The fraction of sp³-hybridized carbons (Fsp3) is 0.286. The maximum Gasteiger partial charge on any atom is 0.212 e. The van der Waals surface area contributed by atoms with Gasteiger partial charge in [0.05, 0.1) is 27.0 Å². The first-order chi connectivity index (χ1) is 10.2. The number of ether oxygens (including phenoxy) is 3. The van der Waals surface area contributed by atoms with E-state index in [1.165, 1.54) is 0 Å². The molecule has 0 spiro atoms. The Labute approximate surface area is 125 Å². The SMILES string of the molecule is COc1cc(-c2nc3scc(C)n3n2)cc(OC)c1OC. The van der Waals surface area contributed by atoms with Crippen LogP contribution in [0, 0.1) is 6.92 Å². The van der Waals surface area contributed by atoms with Crippen molar-refractivity contribution in [2.24, 2.45) is 0 Å². The molecule has 2 heterocycles. The van der Waals surface area contributed by atoms with E-state index in [9.17, 15) is 0 Å². The number of hydrogen-bond acceptors (Lipinski definition) is 6.